The van der Waals surface area contributed by atoms with Gasteiger partial charge in [0.05, 0.1) is 21.3 Å². The molecule has 0 saturated carbocycles. The summed E-state index contributed by atoms with van der Waals surface area (Å²) < 4.78 is 15.9. The first-order chi connectivity index (χ1) is 10.4. The summed E-state index contributed by atoms with van der Waals surface area (Å²) in [4.78, 5) is 11.3. The van der Waals surface area contributed by atoms with E-state index in [0.29, 0.717) is 36.1 Å². The molecule has 2 N–H and O–H groups in total. The van der Waals surface area contributed by atoms with Crippen LogP contribution in [-0.2, 0) is 11.3 Å². The van der Waals surface area contributed by atoms with Crippen LogP contribution in [0.25, 0.3) is 0 Å². The summed E-state index contributed by atoms with van der Waals surface area (Å²) in [5.74, 6) is 1.05. The van der Waals surface area contributed by atoms with Crippen LogP contribution >= 0.6 is 0 Å². The van der Waals surface area contributed by atoms with Gasteiger partial charge in [0.2, 0.25) is 5.75 Å². The fraction of sp³-hybridized carbons (Fsp3) is 0.562. The molecule has 0 heterocycles. The summed E-state index contributed by atoms with van der Waals surface area (Å²) in [6.45, 7) is 4.36. The highest BCUT2D eigenvalue weighted by atomic mass is 16.5. The third kappa shape index (κ3) is 4.53. The van der Waals surface area contributed by atoms with E-state index in [0.717, 1.165) is 5.56 Å². The van der Waals surface area contributed by atoms with Crippen LogP contribution in [0.2, 0.25) is 0 Å². The molecule has 0 aromatic heterocycles. The molecule has 1 aromatic carbocycles. The minimum atomic E-state index is -0.854. The molecule has 0 radical (unpaired) electrons. The molecule has 0 aliphatic carbocycles. The number of hydrogen-bond donors (Lipinski definition) is 2. The lowest BCUT2D eigenvalue weighted by Gasteiger charge is -2.19. The number of carboxylic acids is 1. The molecular formula is C16H25NO5. The van der Waals surface area contributed by atoms with Gasteiger partial charge in [-0.1, -0.05) is 19.9 Å². The Morgan fingerprint density at radius 1 is 1.14 bits per heavy atom. The number of ether oxygens (including phenoxy) is 3. The standard InChI is InChI=1S/C16H25NO5/c1-10(2)8-12(16(18)19)17-9-11-6-7-13(20-3)15(22-5)14(11)21-4/h6-7,10,12,17H,8-9H2,1-5H3,(H,18,19)/t12-/m1/s1. The van der Waals surface area contributed by atoms with Gasteiger partial charge in [-0.25, -0.2) is 0 Å². The molecule has 0 saturated heterocycles. The monoisotopic (exact) mass is 311 g/mol. The van der Waals surface area contributed by atoms with Crippen LogP contribution in [-0.4, -0.2) is 38.4 Å². The van der Waals surface area contributed by atoms with Crippen LogP contribution < -0.4 is 19.5 Å². The lowest BCUT2D eigenvalue weighted by atomic mass is 10.0. The molecule has 0 fully saturated rings. The topological polar surface area (TPSA) is 77.0 Å². The van der Waals surface area contributed by atoms with Gasteiger partial charge in [0.25, 0.3) is 0 Å². The van der Waals surface area contributed by atoms with Crippen molar-refractivity contribution in [1.82, 2.24) is 5.32 Å². The van der Waals surface area contributed by atoms with Gasteiger partial charge in [-0.15, -0.1) is 0 Å². The first kappa shape index (κ1) is 18.1. The molecule has 6 nitrogen and oxygen atoms in total. The average Bonchev–Trinajstić information content (AvgIpc) is 2.49. The second kappa shape index (κ2) is 8.48. The molecular weight excluding hydrogens is 286 g/mol. The molecule has 1 aromatic rings. The summed E-state index contributed by atoms with van der Waals surface area (Å²) in [6.07, 6.45) is 0.560. The second-order valence-electron chi connectivity index (χ2n) is 5.39. The van der Waals surface area contributed by atoms with E-state index >= 15 is 0 Å². The van der Waals surface area contributed by atoms with Crippen LogP contribution in [0.4, 0.5) is 0 Å². The smallest absolute Gasteiger partial charge is 0.320 e. The third-order valence-corrected chi connectivity index (χ3v) is 3.33. The van der Waals surface area contributed by atoms with E-state index in [9.17, 15) is 9.90 Å². The maximum Gasteiger partial charge on any atom is 0.320 e. The van der Waals surface area contributed by atoms with Crippen LogP contribution in [0.1, 0.15) is 25.8 Å². The maximum absolute atomic E-state index is 11.3. The van der Waals surface area contributed by atoms with Gasteiger partial charge in [0.1, 0.15) is 6.04 Å². The zero-order chi connectivity index (χ0) is 16.7. The van der Waals surface area contributed by atoms with E-state index in [-0.39, 0.29) is 0 Å². The lowest BCUT2D eigenvalue weighted by molar-refractivity contribution is -0.140. The molecule has 6 heteroatoms. The lowest BCUT2D eigenvalue weighted by Crippen LogP contribution is -2.37. The van der Waals surface area contributed by atoms with Gasteiger partial charge in [0, 0.05) is 12.1 Å². The summed E-state index contributed by atoms with van der Waals surface area (Å²) in [5.41, 5.74) is 0.815. The summed E-state index contributed by atoms with van der Waals surface area (Å²) >= 11 is 0. The average molecular weight is 311 g/mol. The quantitative estimate of drug-likeness (QED) is 0.729. The molecule has 0 aliphatic heterocycles. The first-order valence-electron chi connectivity index (χ1n) is 7.18. The Balaban J connectivity index is 2.95. The fourth-order valence-corrected chi connectivity index (χ4v) is 2.28. The molecule has 1 atom stereocenters. The van der Waals surface area contributed by atoms with E-state index in [1.165, 1.54) is 7.11 Å². The normalized spacial score (nSPS) is 12.1. The highest BCUT2D eigenvalue weighted by molar-refractivity contribution is 5.73. The van der Waals surface area contributed by atoms with Crippen molar-refractivity contribution in [3.63, 3.8) is 0 Å². The van der Waals surface area contributed by atoms with Crippen LogP contribution in [0, 0.1) is 5.92 Å². The highest BCUT2D eigenvalue weighted by Gasteiger charge is 2.20. The number of carboxylic acid groups (broad SMARTS) is 1. The summed E-state index contributed by atoms with van der Waals surface area (Å²) in [6, 6.07) is 3.01. The van der Waals surface area contributed by atoms with Gasteiger partial charge in [-0.3, -0.25) is 4.79 Å². The van der Waals surface area contributed by atoms with Crippen LogP contribution in [0.15, 0.2) is 12.1 Å². The second-order valence-corrected chi connectivity index (χ2v) is 5.39. The van der Waals surface area contributed by atoms with Crippen molar-refractivity contribution in [1.29, 1.82) is 0 Å². The van der Waals surface area contributed by atoms with Gasteiger partial charge >= 0.3 is 5.97 Å². The van der Waals surface area contributed by atoms with Crippen LogP contribution in [0.5, 0.6) is 17.2 Å². The molecule has 0 unspecified atom stereocenters. The highest BCUT2D eigenvalue weighted by Crippen LogP contribution is 2.39. The molecule has 124 valence electrons. The van der Waals surface area contributed by atoms with E-state index < -0.39 is 12.0 Å². The first-order valence-corrected chi connectivity index (χ1v) is 7.18. The minimum Gasteiger partial charge on any atom is -0.493 e. The van der Waals surface area contributed by atoms with Gasteiger partial charge < -0.3 is 24.6 Å². The zero-order valence-electron chi connectivity index (χ0n) is 13.8. The van der Waals surface area contributed by atoms with Gasteiger partial charge in [-0.05, 0) is 18.4 Å². The van der Waals surface area contributed by atoms with Crippen molar-refractivity contribution >= 4 is 5.97 Å². The van der Waals surface area contributed by atoms with Crippen molar-refractivity contribution in [2.24, 2.45) is 5.92 Å². The maximum atomic E-state index is 11.3. The number of aliphatic carboxylic acids is 1. The van der Waals surface area contributed by atoms with E-state index in [1.54, 1.807) is 20.3 Å². The Labute approximate surface area is 131 Å². The Bertz CT molecular complexity index is 502. The van der Waals surface area contributed by atoms with E-state index in [4.69, 9.17) is 14.2 Å². The fourth-order valence-electron chi connectivity index (χ4n) is 2.28. The molecule has 0 spiro atoms. The molecule has 0 aliphatic rings. The molecule has 22 heavy (non-hydrogen) atoms. The van der Waals surface area contributed by atoms with Crippen molar-refractivity contribution in [2.45, 2.75) is 32.9 Å². The zero-order valence-corrected chi connectivity index (χ0v) is 13.8. The predicted molar refractivity (Wildman–Crippen MR) is 83.8 cm³/mol. The Morgan fingerprint density at radius 3 is 2.23 bits per heavy atom. The number of nitrogens with one attached hydrogen (secondary N) is 1. The van der Waals surface area contributed by atoms with Crippen molar-refractivity contribution in [3.05, 3.63) is 17.7 Å². The number of hydrogen-bond acceptors (Lipinski definition) is 5. The number of carbonyl (C=O) groups is 1. The van der Waals surface area contributed by atoms with Gasteiger partial charge in [0.15, 0.2) is 11.5 Å². The molecule has 0 amide bonds. The predicted octanol–water partition coefficient (Wildman–Crippen LogP) is 2.30. The van der Waals surface area contributed by atoms with E-state index in [2.05, 4.69) is 5.32 Å². The largest absolute Gasteiger partial charge is 0.493 e. The number of methoxy groups -OCH3 is 3. The minimum absolute atomic E-state index is 0.292. The van der Waals surface area contributed by atoms with Crippen LogP contribution in [0.3, 0.4) is 0 Å². The SMILES string of the molecule is COc1ccc(CN[C@H](CC(C)C)C(=O)O)c(OC)c1OC. The Hall–Kier alpha value is -1.95. The molecule has 1 rings (SSSR count). The number of rotatable bonds is 9. The van der Waals surface area contributed by atoms with Gasteiger partial charge in [-0.2, -0.15) is 0 Å². The third-order valence-electron chi connectivity index (χ3n) is 3.33. The Kier molecular flexibility index (Phi) is 6.98. The van der Waals surface area contributed by atoms with Crippen molar-refractivity contribution < 1.29 is 24.1 Å². The molecule has 0 bridgehead atoms. The van der Waals surface area contributed by atoms with Crippen molar-refractivity contribution in [3.8, 4) is 17.2 Å². The summed E-state index contributed by atoms with van der Waals surface area (Å²) in [5, 5.41) is 12.3. The van der Waals surface area contributed by atoms with Crippen molar-refractivity contribution in [2.75, 3.05) is 21.3 Å². The number of benzene rings is 1. The Morgan fingerprint density at radius 2 is 1.77 bits per heavy atom. The summed E-state index contributed by atoms with van der Waals surface area (Å²) in [7, 11) is 4.64. The van der Waals surface area contributed by atoms with E-state index in [1.807, 2.05) is 19.9 Å².